The first-order valence-corrected chi connectivity index (χ1v) is 39.2. The molecule has 9 nitrogen and oxygen atoms in total. The van der Waals surface area contributed by atoms with Crippen LogP contribution in [0.3, 0.4) is 0 Å². The molecule has 1 heterocycles. The lowest BCUT2D eigenvalue weighted by molar-refractivity contribution is -0.302. The van der Waals surface area contributed by atoms with Crippen LogP contribution in [0.4, 0.5) is 0 Å². The van der Waals surface area contributed by atoms with Crippen molar-refractivity contribution in [1.82, 2.24) is 5.32 Å². The number of hydrogen-bond acceptors (Lipinski definition) is 8. The van der Waals surface area contributed by atoms with Crippen molar-refractivity contribution in [2.24, 2.45) is 0 Å². The van der Waals surface area contributed by atoms with Gasteiger partial charge >= 0.3 is 0 Å². The van der Waals surface area contributed by atoms with E-state index in [1.165, 1.54) is 180 Å². The van der Waals surface area contributed by atoms with Crippen LogP contribution in [0.25, 0.3) is 0 Å². The molecule has 1 aliphatic rings. The molecule has 1 fully saturated rings. The van der Waals surface area contributed by atoms with Gasteiger partial charge in [0.2, 0.25) is 5.91 Å². The average Bonchev–Trinajstić information content (AvgIpc) is 0.836. The van der Waals surface area contributed by atoms with E-state index in [-0.39, 0.29) is 12.5 Å². The van der Waals surface area contributed by atoms with Crippen LogP contribution in [-0.2, 0) is 14.3 Å². The minimum Gasteiger partial charge on any atom is -0.394 e. The lowest BCUT2D eigenvalue weighted by atomic mass is 9.99. The van der Waals surface area contributed by atoms with Gasteiger partial charge in [0, 0.05) is 6.42 Å². The van der Waals surface area contributed by atoms with E-state index in [1.807, 2.05) is 6.08 Å². The van der Waals surface area contributed by atoms with Gasteiger partial charge in [-0.3, -0.25) is 4.79 Å². The van der Waals surface area contributed by atoms with Gasteiger partial charge in [-0.15, -0.1) is 0 Å². The molecule has 9 heteroatoms. The number of hydrogen-bond donors (Lipinski definition) is 6. The molecule has 542 valence electrons. The smallest absolute Gasteiger partial charge is 0.220 e. The van der Waals surface area contributed by atoms with Crippen LogP contribution in [-0.4, -0.2) is 87.5 Å². The van der Waals surface area contributed by atoms with Crippen molar-refractivity contribution in [2.75, 3.05) is 13.2 Å². The summed E-state index contributed by atoms with van der Waals surface area (Å²) in [5, 5.41) is 54.8. The van der Waals surface area contributed by atoms with Crippen LogP contribution < -0.4 is 5.32 Å². The second kappa shape index (κ2) is 72.6. The predicted octanol–water partition coefficient (Wildman–Crippen LogP) is 22.6. The number of unbranched alkanes of at least 4 members (excludes halogenated alkanes) is 33. The number of carbonyl (C=O) groups is 1. The highest BCUT2D eigenvalue weighted by molar-refractivity contribution is 5.76. The fourth-order valence-corrected chi connectivity index (χ4v) is 11.5. The SMILES string of the molecule is CC/C=C\C/C=C\C/C=C\C/C=C\C/C=C\C/C=C\C/C=C\C/C=C\C/C=C\C/C=C\C/C=C\CCCCCCCCCC(=O)NC(COC1OC(CO)C(O)C(O)C1O)C(O)/C=C/CC/C=C/CCCCCCCCCCCCCCCCCCCCCCCCCCC. The van der Waals surface area contributed by atoms with E-state index in [0.717, 1.165) is 122 Å². The van der Waals surface area contributed by atoms with E-state index in [1.54, 1.807) is 6.08 Å². The Bertz CT molecular complexity index is 2070. The summed E-state index contributed by atoms with van der Waals surface area (Å²) in [5.74, 6) is -0.201. The van der Waals surface area contributed by atoms with Crippen molar-refractivity contribution >= 4 is 5.91 Å². The Balaban J connectivity index is 2.16. The van der Waals surface area contributed by atoms with E-state index < -0.39 is 49.5 Å². The van der Waals surface area contributed by atoms with Gasteiger partial charge < -0.3 is 40.3 Å². The fraction of sp³-hybridized carbons (Fsp3) is 0.686. The fourth-order valence-electron chi connectivity index (χ4n) is 11.5. The van der Waals surface area contributed by atoms with Gasteiger partial charge in [-0.1, -0.05) is 358 Å². The van der Waals surface area contributed by atoms with E-state index in [0.29, 0.717) is 6.42 Å². The van der Waals surface area contributed by atoms with Crippen LogP contribution in [0, 0.1) is 0 Å². The number of rotatable bonds is 67. The standard InChI is InChI=1S/C86H145NO8/c1-3-5-7-9-11-13-15-17-19-21-23-25-27-29-31-33-35-36-37-38-39-40-41-42-43-44-46-48-50-52-54-56-58-60-62-64-66-68-70-72-74-76-82(90)87-79(78-94-86-85(93)84(92)83(91)81(77-88)95-86)80(89)75-73-71-69-67-65-63-61-59-57-55-53-51-49-47-45-34-32-30-28-26-24-22-20-18-16-14-12-10-8-6-4-2/h5,7,11,13,17,19,23,25,29,31,35-36,38-39,41-42,44,46,50,52,56,58,65,67,73,75,79-81,83-86,88-89,91-93H,3-4,6,8-10,12,14-16,18,20-22,24,26-28,30,32-34,37,40,43,45,47-49,51,53-55,57,59-64,66,68-72,74,76-78H2,1-2H3,(H,87,90)/b7-5-,13-11-,19-17-,25-23-,31-29-,36-35-,39-38-,42-41-,46-44-,52-50-,58-56-,67-65+,75-73+. The largest absolute Gasteiger partial charge is 0.394 e. The number of aliphatic hydroxyl groups excluding tert-OH is 5. The maximum Gasteiger partial charge on any atom is 0.220 e. The topological polar surface area (TPSA) is 149 Å². The van der Waals surface area contributed by atoms with Crippen molar-refractivity contribution in [2.45, 2.75) is 365 Å². The zero-order valence-corrected chi connectivity index (χ0v) is 60.9. The van der Waals surface area contributed by atoms with Gasteiger partial charge in [0.15, 0.2) is 6.29 Å². The minimum absolute atomic E-state index is 0.201. The number of allylic oxidation sites excluding steroid dienone is 25. The molecule has 0 spiro atoms. The highest BCUT2D eigenvalue weighted by atomic mass is 16.7. The first-order valence-electron chi connectivity index (χ1n) is 39.2. The molecule has 0 saturated carbocycles. The van der Waals surface area contributed by atoms with Crippen molar-refractivity contribution in [1.29, 1.82) is 0 Å². The normalized spacial score (nSPS) is 18.4. The molecule has 0 radical (unpaired) electrons. The Labute approximate surface area is 584 Å². The van der Waals surface area contributed by atoms with E-state index in [4.69, 9.17) is 9.47 Å². The summed E-state index contributed by atoms with van der Waals surface area (Å²) in [7, 11) is 0. The van der Waals surface area contributed by atoms with Crippen LogP contribution in [0.15, 0.2) is 158 Å². The molecule has 7 unspecified atom stereocenters. The van der Waals surface area contributed by atoms with Crippen molar-refractivity contribution < 1.29 is 39.8 Å². The van der Waals surface area contributed by atoms with Gasteiger partial charge in [0.25, 0.3) is 0 Å². The van der Waals surface area contributed by atoms with Crippen molar-refractivity contribution in [3.05, 3.63) is 158 Å². The van der Waals surface area contributed by atoms with Crippen LogP contribution >= 0.6 is 0 Å². The molecule has 7 atom stereocenters. The number of carbonyl (C=O) groups excluding carboxylic acids is 1. The Kier molecular flexibility index (Phi) is 67.8. The summed E-state index contributed by atoms with van der Waals surface area (Å²) >= 11 is 0. The van der Waals surface area contributed by atoms with E-state index in [9.17, 15) is 30.3 Å². The van der Waals surface area contributed by atoms with E-state index >= 15 is 0 Å². The molecular formula is C86H145NO8. The van der Waals surface area contributed by atoms with E-state index in [2.05, 4.69) is 165 Å². The Morgan fingerprint density at radius 1 is 0.368 bits per heavy atom. The number of aliphatic hydroxyl groups is 5. The third kappa shape index (κ3) is 60.7. The average molecular weight is 1320 g/mol. The molecular weight excluding hydrogens is 1170 g/mol. The lowest BCUT2D eigenvalue weighted by Gasteiger charge is -2.40. The van der Waals surface area contributed by atoms with Gasteiger partial charge in [0.1, 0.15) is 24.4 Å². The van der Waals surface area contributed by atoms with Crippen molar-refractivity contribution in [3.63, 3.8) is 0 Å². The van der Waals surface area contributed by atoms with Crippen molar-refractivity contribution in [3.8, 4) is 0 Å². The first kappa shape index (κ1) is 88.8. The molecule has 1 rings (SSSR count). The summed E-state index contributed by atoms with van der Waals surface area (Å²) in [6, 6.07) is -0.842. The maximum atomic E-state index is 13.2. The summed E-state index contributed by atoms with van der Waals surface area (Å²) in [4.78, 5) is 13.2. The second-order valence-corrected chi connectivity index (χ2v) is 26.4. The summed E-state index contributed by atoms with van der Waals surface area (Å²) in [5.41, 5.74) is 0. The quantitative estimate of drug-likeness (QED) is 0.0261. The van der Waals surface area contributed by atoms with Gasteiger partial charge in [-0.2, -0.15) is 0 Å². The molecule has 0 aromatic carbocycles. The Hall–Kier alpha value is -4.19. The lowest BCUT2D eigenvalue weighted by Crippen LogP contribution is -2.60. The molecule has 6 N–H and O–H groups in total. The molecule has 0 aromatic rings. The third-order valence-electron chi connectivity index (χ3n) is 17.6. The van der Waals surface area contributed by atoms with Crippen LogP contribution in [0.1, 0.15) is 322 Å². The first-order chi connectivity index (χ1) is 46.8. The number of nitrogens with one attached hydrogen (secondary N) is 1. The molecule has 1 saturated heterocycles. The zero-order chi connectivity index (χ0) is 68.5. The molecule has 1 aliphatic heterocycles. The Morgan fingerprint density at radius 2 is 0.663 bits per heavy atom. The molecule has 0 aliphatic carbocycles. The van der Waals surface area contributed by atoms with Gasteiger partial charge in [-0.25, -0.2) is 0 Å². The maximum absolute atomic E-state index is 13.2. The molecule has 0 bridgehead atoms. The number of ether oxygens (including phenoxy) is 2. The molecule has 1 amide bonds. The highest BCUT2D eigenvalue weighted by Crippen LogP contribution is 2.23. The van der Waals surface area contributed by atoms with Gasteiger partial charge in [0.05, 0.1) is 25.4 Å². The minimum atomic E-state index is -1.59. The monoisotopic (exact) mass is 1320 g/mol. The Morgan fingerprint density at radius 3 is 1.01 bits per heavy atom. The van der Waals surface area contributed by atoms with Gasteiger partial charge in [-0.05, 0) is 116 Å². The van der Waals surface area contributed by atoms with Crippen LogP contribution in [0.2, 0.25) is 0 Å². The summed E-state index contributed by atoms with van der Waals surface area (Å²) in [6.07, 6.45) is 107. The summed E-state index contributed by atoms with van der Waals surface area (Å²) < 4.78 is 11.3. The third-order valence-corrected chi connectivity index (χ3v) is 17.6. The highest BCUT2D eigenvalue weighted by Gasteiger charge is 2.44. The zero-order valence-electron chi connectivity index (χ0n) is 60.9. The predicted molar refractivity (Wildman–Crippen MR) is 409 cm³/mol. The van der Waals surface area contributed by atoms with Crippen LogP contribution in [0.5, 0.6) is 0 Å². The number of amides is 1. The molecule has 0 aromatic heterocycles. The summed E-state index contributed by atoms with van der Waals surface area (Å²) in [6.45, 7) is 3.67. The second-order valence-electron chi connectivity index (χ2n) is 26.4. The molecule has 95 heavy (non-hydrogen) atoms.